The molecular formula is C18H20O4. The van der Waals surface area contributed by atoms with E-state index in [9.17, 15) is 14.7 Å². The number of hydrogen-bond donors (Lipinski definition) is 1. The van der Waals surface area contributed by atoms with E-state index in [1.165, 1.54) is 0 Å². The van der Waals surface area contributed by atoms with Gasteiger partial charge in [-0.25, -0.2) is 4.79 Å². The fraction of sp³-hybridized carbons (Fsp3) is 0.556. The number of esters is 1. The summed E-state index contributed by atoms with van der Waals surface area (Å²) in [6.07, 6.45) is 4.75. The van der Waals surface area contributed by atoms with Gasteiger partial charge in [0.25, 0.3) is 0 Å². The van der Waals surface area contributed by atoms with Crippen molar-refractivity contribution in [1.29, 1.82) is 0 Å². The lowest BCUT2D eigenvalue weighted by atomic mass is 9.48. The molecule has 2 atom stereocenters. The summed E-state index contributed by atoms with van der Waals surface area (Å²) in [5, 5.41) is 9.70. The fourth-order valence-electron chi connectivity index (χ4n) is 5.38. The van der Waals surface area contributed by atoms with Crippen LogP contribution in [-0.2, 0) is 9.53 Å². The lowest BCUT2D eigenvalue weighted by Crippen LogP contribution is -2.59. The van der Waals surface area contributed by atoms with Crippen LogP contribution in [0.5, 0.6) is 0 Å². The molecule has 0 aromatic heterocycles. The summed E-state index contributed by atoms with van der Waals surface area (Å²) in [5.41, 5.74) is -0.682. The van der Waals surface area contributed by atoms with Gasteiger partial charge in [-0.2, -0.15) is 0 Å². The Morgan fingerprint density at radius 3 is 2.27 bits per heavy atom. The molecular weight excluding hydrogens is 280 g/mol. The molecule has 5 rings (SSSR count). The van der Waals surface area contributed by atoms with Crippen molar-refractivity contribution < 1.29 is 19.4 Å². The zero-order valence-corrected chi connectivity index (χ0v) is 12.5. The maximum absolute atomic E-state index is 12.4. The second-order valence-electron chi connectivity index (χ2n) is 7.49. The highest BCUT2D eigenvalue weighted by Gasteiger charge is 2.62. The molecule has 4 aliphatic rings. The predicted octanol–water partition coefficient (Wildman–Crippen LogP) is 3.27. The van der Waals surface area contributed by atoms with Crippen LogP contribution in [0.1, 0.15) is 48.9 Å². The first-order chi connectivity index (χ1) is 10.5. The molecule has 0 radical (unpaired) electrons. The molecule has 0 aliphatic heterocycles. The Morgan fingerprint density at radius 2 is 1.68 bits per heavy atom. The number of carboxylic acid groups (broad SMARTS) is 1. The Hall–Kier alpha value is -1.84. The van der Waals surface area contributed by atoms with Crippen molar-refractivity contribution in [2.75, 3.05) is 0 Å². The van der Waals surface area contributed by atoms with E-state index in [-0.39, 0.29) is 5.97 Å². The summed E-state index contributed by atoms with van der Waals surface area (Å²) in [7, 11) is 0. The molecule has 4 saturated carbocycles. The Morgan fingerprint density at radius 1 is 1.05 bits per heavy atom. The maximum Gasteiger partial charge on any atom is 0.338 e. The molecule has 0 spiro atoms. The molecule has 4 fully saturated rings. The molecule has 4 aliphatic carbocycles. The van der Waals surface area contributed by atoms with Crippen molar-refractivity contribution in [1.82, 2.24) is 0 Å². The number of aliphatic carboxylic acids is 1. The number of carboxylic acids is 1. The minimum atomic E-state index is -0.707. The molecule has 0 heterocycles. The molecule has 1 aromatic carbocycles. The summed E-state index contributed by atoms with van der Waals surface area (Å²) < 4.78 is 5.91. The Labute approximate surface area is 129 Å². The number of ether oxygens (including phenoxy) is 1. The van der Waals surface area contributed by atoms with E-state index in [1.807, 2.05) is 18.2 Å². The lowest BCUT2D eigenvalue weighted by Gasteiger charge is -2.59. The van der Waals surface area contributed by atoms with Crippen LogP contribution in [0, 0.1) is 17.3 Å². The second-order valence-corrected chi connectivity index (χ2v) is 7.49. The second kappa shape index (κ2) is 4.58. The molecule has 2 unspecified atom stereocenters. The van der Waals surface area contributed by atoms with Gasteiger partial charge in [-0.05, 0) is 56.1 Å². The molecule has 4 bridgehead atoms. The number of carbonyl (C=O) groups excluding carboxylic acids is 1. The first kappa shape index (κ1) is 13.8. The normalized spacial score (nSPS) is 38.7. The van der Waals surface area contributed by atoms with Gasteiger partial charge in [-0.3, -0.25) is 4.79 Å². The minimum absolute atomic E-state index is 0.317. The van der Waals surface area contributed by atoms with E-state index < -0.39 is 17.0 Å². The summed E-state index contributed by atoms with van der Waals surface area (Å²) in [4.78, 5) is 24.2. The average molecular weight is 300 g/mol. The van der Waals surface area contributed by atoms with Gasteiger partial charge in [0.2, 0.25) is 0 Å². The Kier molecular flexibility index (Phi) is 2.87. The highest BCUT2D eigenvalue weighted by molar-refractivity contribution is 5.89. The number of carbonyl (C=O) groups is 2. The fourth-order valence-corrected chi connectivity index (χ4v) is 5.38. The molecule has 116 valence electrons. The SMILES string of the molecule is O=C(OC12CC3CC(C1)CC(C(=O)O)(C3)C2)c1ccccc1. The van der Waals surface area contributed by atoms with E-state index in [0.29, 0.717) is 23.8 Å². The lowest BCUT2D eigenvalue weighted by molar-refractivity contribution is -0.192. The quantitative estimate of drug-likeness (QED) is 0.870. The van der Waals surface area contributed by atoms with Crippen molar-refractivity contribution in [3.05, 3.63) is 35.9 Å². The first-order valence-corrected chi connectivity index (χ1v) is 8.02. The zero-order chi connectivity index (χ0) is 15.4. The smallest absolute Gasteiger partial charge is 0.338 e. The Bertz CT molecular complexity index is 607. The van der Waals surface area contributed by atoms with Gasteiger partial charge in [-0.15, -0.1) is 0 Å². The van der Waals surface area contributed by atoms with E-state index in [1.54, 1.807) is 12.1 Å². The number of benzene rings is 1. The van der Waals surface area contributed by atoms with Gasteiger partial charge in [0, 0.05) is 6.42 Å². The van der Waals surface area contributed by atoms with Gasteiger partial charge in [0.15, 0.2) is 0 Å². The van der Waals surface area contributed by atoms with E-state index in [2.05, 4.69) is 0 Å². The molecule has 0 amide bonds. The summed E-state index contributed by atoms with van der Waals surface area (Å²) in [5.74, 6) is -0.244. The van der Waals surface area contributed by atoms with E-state index in [0.717, 1.165) is 32.1 Å². The monoisotopic (exact) mass is 300 g/mol. The van der Waals surface area contributed by atoms with Gasteiger partial charge in [0.1, 0.15) is 5.60 Å². The minimum Gasteiger partial charge on any atom is -0.481 e. The maximum atomic E-state index is 12.4. The van der Waals surface area contributed by atoms with Gasteiger partial charge in [-0.1, -0.05) is 18.2 Å². The van der Waals surface area contributed by atoms with Gasteiger partial charge in [0.05, 0.1) is 11.0 Å². The molecule has 1 N–H and O–H groups in total. The largest absolute Gasteiger partial charge is 0.481 e. The Balaban J connectivity index is 1.61. The molecule has 4 heteroatoms. The van der Waals surface area contributed by atoms with Crippen LogP contribution in [0.25, 0.3) is 0 Å². The van der Waals surface area contributed by atoms with Crippen LogP contribution in [0.4, 0.5) is 0 Å². The van der Waals surface area contributed by atoms with Crippen LogP contribution >= 0.6 is 0 Å². The van der Waals surface area contributed by atoms with Crippen molar-refractivity contribution in [3.63, 3.8) is 0 Å². The van der Waals surface area contributed by atoms with Crippen molar-refractivity contribution >= 4 is 11.9 Å². The van der Waals surface area contributed by atoms with E-state index >= 15 is 0 Å². The number of hydrogen-bond acceptors (Lipinski definition) is 3. The molecule has 22 heavy (non-hydrogen) atoms. The predicted molar refractivity (Wildman–Crippen MR) is 79.3 cm³/mol. The van der Waals surface area contributed by atoms with Crippen LogP contribution in [0.15, 0.2) is 30.3 Å². The summed E-state index contributed by atoms with van der Waals surface area (Å²) in [6, 6.07) is 8.98. The van der Waals surface area contributed by atoms with E-state index in [4.69, 9.17) is 4.74 Å². The highest BCUT2D eigenvalue weighted by atomic mass is 16.6. The highest BCUT2D eigenvalue weighted by Crippen LogP contribution is 2.62. The molecule has 4 nitrogen and oxygen atoms in total. The van der Waals surface area contributed by atoms with Crippen molar-refractivity contribution in [2.45, 2.75) is 44.1 Å². The van der Waals surface area contributed by atoms with Crippen molar-refractivity contribution in [2.24, 2.45) is 17.3 Å². The van der Waals surface area contributed by atoms with Crippen LogP contribution in [0.3, 0.4) is 0 Å². The summed E-state index contributed by atoms with van der Waals surface area (Å²) >= 11 is 0. The first-order valence-electron chi connectivity index (χ1n) is 8.02. The van der Waals surface area contributed by atoms with Crippen molar-refractivity contribution in [3.8, 4) is 0 Å². The summed E-state index contributed by atoms with van der Waals surface area (Å²) in [6.45, 7) is 0. The van der Waals surface area contributed by atoms with Crippen LogP contribution in [0.2, 0.25) is 0 Å². The van der Waals surface area contributed by atoms with Gasteiger partial charge >= 0.3 is 11.9 Å². The van der Waals surface area contributed by atoms with Crippen LogP contribution in [-0.4, -0.2) is 22.6 Å². The third kappa shape index (κ3) is 2.04. The average Bonchev–Trinajstić information content (AvgIpc) is 2.46. The topological polar surface area (TPSA) is 63.6 Å². The van der Waals surface area contributed by atoms with Crippen LogP contribution < -0.4 is 0 Å². The standard InChI is InChI=1S/C18H20O4/c19-15(14-4-2-1-3-5-14)22-18-9-12-6-13(10-18)8-17(7-12,11-18)16(20)21/h1-5,12-13H,6-11H2,(H,20,21). The number of rotatable bonds is 3. The molecule has 0 saturated heterocycles. The molecule has 1 aromatic rings. The zero-order valence-electron chi connectivity index (χ0n) is 12.5. The third-order valence-electron chi connectivity index (χ3n) is 5.78. The van der Waals surface area contributed by atoms with Gasteiger partial charge < -0.3 is 9.84 Å². The third-order valence-corrected chi connectivity index (χ3v) is 5.78.